The van der Waals surface area contributed by atoms with Gasteiger partial charge >= 0.3 is 0 Å². The molecule has 1 saturated carbocycles. The van der Waals surface area contributed by atoms with Crippen LogP contribution in [0.1, 0.15) is 6.42 Å². The van der Waals surface area contributed by atoms with Crippen LogP contribution in [0.25, 0.3) is 0 Å². The maximum Gasteiger partial charge on any atom is 0.257 e. The van der Waals surface area contributed by atoms with E-state index in [9.17, 15) is 8.78 Å². The SMILES string of the molecule is COCC1C(C2CCNC2)C1(F)F. The fraction of sp³-hybridized carbons (Fsp3) is 1.00. The van der Waals surface area contributed by atoms with Crippen molar-refractivity contribution in [3.8, 4) is 0 Å². The Morgan fingerprint density at radius 3 is 2.85 bits per heavy atom. The molecule has 3 unspecified atom stereocenters. The lowest BCUT2D eigenvalue weighted by molar-refractivity contribution is 0.0590. The van der Waals surface area contributed by atoms with Crippen LogP contribution >= 0.6 is 0 Å². The minimum absolute atomic E-state index is 0.162. The maximum atomic E-state index is 13.2. The first-order chi connectivity index (χ1) is 6.18. The molecule has 0 aromatic carbocycles. The van der Waals surface area contributed by atoms with Crippen LogP contribution in [0.2, 0.25) is 0 Å². The van der Waals surface area contributed by atoms with Crippen LogP contribution in [0.4, 0.5) is 8.78 Å². The minimum atomic E-state index is -2.47. The monoisotopic (exact) mass is 191 g/mol. The largest absolute Gasteiger partial charge is 0.384 e. The summed E-state index contributed by atoms with van der Waals surface area (Å²) >= 11 is 0. The van der Waals surface area contributed by atoms with Crippen molar-refractivity contribution >= 4 is 0 Å². The van der Waals surface area contributed by atoms with E-state index in [4.69, 9.17) is 4.74 Å². The highest BCUT2D eigenvalue weighted by Gasteiger charge is 2.70. The van der Waals surface area contributed by atoms with Crippen molar-refractivity contribution in [2.45, 2.75) is 12.3 Å². The molecule has 4 heteroatoms. The molecule has 2 nitrogen and oxygen atoms in total. The van der Waals surface area contributed by atoms with E-state index in [0.29, 0.717) is 0 Å². The Morgan fingerprint density at radius 2 is 2.31 bits per heavy atom. The minimum Gasteiger partial charge on any atom is -0.384 e. The predicted octanol–water partition coefficient (Wildman–Crippen LogP) is 1.12. The first-order valence-corrected chi connectivity index (χ1v) is 4.75. The average Bonchev–Trinajstić information content (AvgIpc) is 2.56. The molecule has 1 N–H and O–H groups in total. The first-order valence-electron chi connectivity index (χ1n) is 4.75. The summed E-state index contributed by atoms with van der Waals surface area (Å²) in [6, 6.07) is 0. The van der Waals surface area contributed by atoms with E-state index in [1.54, 1.807) is 0 Å². The molecule has 0 spiro atoms. The van der Waals surface area contributed by atoms with Crippen LogP contribution in [0.5, 0.6) is 0 Å². The second kappa shape index (κ2) is 3.17. The Bertz CT molecular complexity index is 192. The summed E-state index contributed by atoms with van der Waals surface area (Å²) in [4.78, 5) is 0. The molecule has 2 aliphatic rings. The highest BCUT2D eigenvalue weighted by Crippen LogP contribution is 2.59. The zero-order valence-corrected chi connectivity index (χ0v) is 7.72. The summed E-state index contributed by atoms with van der Waals surface area (Å²) in [6.45, 7) is 1.84. The number of halogens is 2. The van der Waals surface area contributed by atoms with E-state index in [1.807, 2.05) is 0 Å². The van der Waals surface area contributed by atoms with Gasteiger partial charge in [0.2, 0.25) is 0 Å². The fourth-order valence-electron chi connectivity index (χ4n) is 2.44. The highest BCUT2D eigenvalue weighted by molar-refractivity contribution is 5.09. The quantitative estimate of drug-likeness (QED) is 0.722. The van der Waals surface area contributed by atoms with Crippen molar-refractivity contribution in [1.82, 2.24) is 5.32 Å². The zero-order valence-electron chi connectivity index (χ0n) is 7.72. The van der Waals surface area contributed by atoms with Crippen molar-refractivity contribution in [3.05, 3.63) is 0 Å². The fourth-order valence-corrected chi connectivity index (χ4v) is 2.44. The van der Waals surface area contributed by atoms with Crippen LogP contribution in [-0.4, -0.2) is 32.7 Å². The average molecular weight is 191 g/mol. The first kappa shape index (κ1) is 9.34. The van der Waals surface area contributed by atoms with Crippen LogP contribution in [-0.2, 0) is 4.74 Å². The molecular formula is C9H15F2NO. The Balaban J connectivity index is 1.93. The molecule has 1 saturated heterocycles. The topological polar surface area (TPSA) is 21.3 Å². The molecule has 0 bridgehead atoms. The lowest BCUT2D eigenvalue weighted by Gasteiger charge is -2.05. The predicted molar refractivity (Wildman–Crippen MR) is 44.8 cm³/mol. The van der Waals surface area contributed by atoms with Gasteiger partial charge in [-0.05, 0) is 25.4 Å². The molecule has 1 heterocycles. The van der Waals surface area contributed by atoms with E-state index in [0.717, 1.165) is 19.5 Å². The van der Waals surface area contributed by atoms with Gasteiger partial charge in [-0.3, -0.25) is 0 Å². The summed E-state index contributed by atoms with van der Waals surface area (Å²) in [7, 11) is 1.48. The van der Waals surface area contributed by atoms with Gasteiger partial charge in [-0.15, -0.1) is 0 Å². The van der Waals surface area contributed by atoms with Gasteiger partial charge < -0.3 is 10.1 Å². The van der Waals surface area contributed by atoms with Gasteiger partial charge in [-0.25, -0.2) is 8.78 Å². The Hall–Kier alpha value is -0.220. The number of methoxy groups -OCH3 is 1. The number of rotatable bonds is 3. The Kier molecular flexibility index (Phi) is 2.28. The Labute approximate surface area is 76.6 Å². The number of ether oxygens (including phenoxy) is 1. The molecular weight excluding hydrogens is 176 g/mol. The van der Waals surface area contributed by atoms with Crippen molar-refractivity contribution in [2.75, 3.05) is 26.8 Å². The molecule has 0 amide bonds. The standard InChI is InChI=1S/C9H15F2NO/c1-13-5-7-8(9(7,10)11)6-2-3-12-4-6/h6-8,12H,2-5H2,1H3. The van der Waals surface area contributed by atoms with Gasteiger partial charge in [-0.1, -0.05) is 0 Å². The summed E-state index contributed by atoms with van der Waals surface area (Å²) in [5, 5.41) is 3.12. The number of hydrogen-bond acceptors (Lipinski definition) is 2. The van der Waals surface area contributed by atoms with Crippen molar-refractivity contribution in [1.29, 1.82) is 0 Å². The summed E-state index contributed by atoms with van der Waals surface area (Å²) < 4.78 is 31.2. The normalized spacial score (nSPS) is 42.2. The molecule has 3 atom stereocenters. The van der Waals surface area contributed by atoms with Gasteiger partial charge in [0.15, 0.2) is 0 Å². The molecule has 2 rings (SSSR count). The smallest absolute Gasteiger partial charge is 0.257 e. The number of nitrogens with one attached hydrogen (secondary N) is 1. The van der Waals surface area contributed by atoms with Gasteiger partial charge in [-0.2, -0.15) is 0 Å². The Morgan fingerprint density at radius 1 is 1.54 bits per heavy atom. The van der Waals surface area contributed by atoms with E-state index in [1.165, 1.54) is 7.11 Å². The van der Waals surface area contributed by atoms with Crippen molar-refractivity contribution < 1.29 is 13.5 Å². The number of hydrogen-bond donors (Lipinski definition) is 1. The second-order valence-electron chi connectivity index (χ2n) is 4.02. The van der Waals surface area contributed by atoms with Gasteiger partial charge in [0.05, 0.1) is 12.5 Å². The number of alkyl halides is 2. The zero-order chi connectivity index (χ0) is 9.47. The third-order valence-corrected chi connectivity index (χ3v) is 3.22. The molecule has 2 fully saturated rings. The third kappa shape index (κ3) is 1.46. The summed E-state index contributed by atoms with van der Waals surface area (Å²) in [6.07, 6.45) is 0.889. The molecule has 0 radical (unpaired) electrons. The molecule has 0 aromatic rings. The van der Waals surface area contributed by atoms with Crippen molar-refractivity contribution in [3.63, 3.8) is 0 Å². The molecule has 1 aliphatic carbocycles. The van der Waals surface area contributed by atoms with Crippen LogP contribution in [0.15, 0.2) is 0 Å². The van der Waals surface area contributed by atoms with Crippen LogP contribution < -0.4 is 5.32 Å². The second-order valence-corrected chi connectivity index (χ2v) is 4.02. The molecule has 0 aromatic heterocycles. The van der Waals surface area contributed by atoms with Crippen LogP contribution in [0, 0.1) is 17.8 Å². The summed E-state index contributed by atoms with van der Waals surface area (Å²) in [5.74, 6) is -3.26. The van der Waals surface area contributed by atoms with Gasteiger partial charge in [0, 0.05) is 13.0 Å². The van der Waals surface area contributed by atoms with Crippen LogP contribution in [0.3, 0.4) is 0 Å². The van der Waals surface area contributed by atoms with E-state index in [-0.39, 0.29) is 12.5 Å². The lowest BCUT2D eigenvalue weighted by atomic mass is 10.0. The van der Waals surface area contributed by atoms with Crippen molar-refractivity contribution in [2.24, 2.45) is 17.8 Å². The van der Waals surface area contributed by atoms with E-state index in [2.05, 4.69) is 5.32 Å². The summed E-state index contributed by atoms with van der Waals surface area (Å²) in [5.41, 5.74) is 0. The highest BCUT2D eigenvalue weighted by atomic mass is 19.3. The van der Waals surface area contributed by atoms with E-state index < -0.39 is 17.8 Å². The van der Waals surface area contributed by atoms with Gasteiger partial charge in [0.1, 0.15) is 0 Å². The third-order valence-electron chi connectivity index (χ3n) is 3.22. The van der Waals surface area contributed by atoms with Gasteiger partial charge in [0.25, 0.3) is 5.92 Å². The lowest BCUT2D eigenvalue weighted by Crippen LogP contribution is -2.13. The molecule has 1 aliphatic heterocycles. The molecule has 13 heavy (non-hydrogen) atoms. The molecule has 76 valence electrons. The maximum absolute atomic E-state index is 13.2. The van der Waals surface area contributed by atoms with E-state index >= 15 is 0 Å².